The molecule has 30 heavy (non-hydrogen) atoms. The molecule has 5 nitrogen and oxygen atoms in total. The van der Waals surface area contributed by atoms with E-state index in [4.69, 9.17) is 23.8 Å². The fourth-order valence-corrected chi connectivity index (χ4v) is 4.87. The summed E-state index contributed by atoms with van der Waals surface area (Å²) in [5, 5.41) is 14.3. The third kappa shape index (κ3) is 3.71. The Kier molecular flexibility index (Phi) is 6.09. The number of nitrogens with one attached hydrogen (secondary N) is 1. The van der Waals surface area contributed by atoms with E-state index in [1.165, 1.54) is 5.56 Å². The highest BCUT2D eigenvalue weighted by Crippen LogP contribution is 2.41. The van der Waals surface area contributed by atoms with E-state index in [2.05, 4.69) is 39.7 Å². The van der Waals surface area contributed by atoms with Crippen LogP contribution in [0, 0.1) is 13.8 Å². The van der Waals surface area contributed by atoms with Gasteiger partial charge in [-0.15, -0.1) is 0 Å². The Balaban J connectivity index is 1.83. The van der Waals surface area contributed by atoms with Crippen LogP contribution in [0.3, 0.4) is 0 Å². The quantitative estimate of drug-likeness (QED) is 0.553. The van der Waals surface area contributed by atoms with Crippen molar-refractivity contribution in [3.63, 3.8) is 0 Å². The number of hydrogen-bond donors (Lipinski definition) is 2. The average molecular weight is 441 g/mol. The normalized spacial score (nSPS) is 18.7. The molecule has 0 spiro atoms. The average Bonchev–Trinajstić information content (AvgIpc) is 3.23. The van der Waals surface area contributed by atoms with Crippen LogP contribution in [-0.2, 0) is 0 Å². The number of aliphatic hydroxyl groups excluding tert-OH is 1. The minimum Gasteiger partial charge on any atom is -0.396 e. The number of pyridine rings is 1. The second kappa shape index (κ2) is 8.76. The van der Waals surface area contributed by atoms with Crippen molar-refractivity contribution in [2.24, 2.45) is 0 Å². The Bertz CT molecular complexity index is 1050. The van der Waals surface area contributed by atoms with Crippen molar-refractivity contribution < 1.29 is 5.11 Å². The summed E-state index contributed by atoms with van der Waals surface area (Å²) in [5.74, 6) is 0. The lowest BCUT2D eigenvalue weighted by atomic mass is 9.96. The van der Waals surface area contributed by atoms with Crippen LogP contribution in [0.4, 0.5) is 0 Å². The van der Waals surface area contributed by atoms with Crippen LogP contribution in [0.2, 0.25) is 5.02 Å². The molecule has 2 aromatic heterocycles. The first-order valence-electron chi connectivity index (χ1n) is 10.1. The summed E-state index contributed by atoms with van der Waals surface area (Å²) in [5.41, 5.74) is 5.31. The lowest BCUT2D eigenvalue weighted by Gasteiger charge is -2.28. The molecule has 1 saturated heterocycles. The molecule has 1 aromatic carbocycles. The number of aliphatic hydroxyl groups is 1. The maximum Gasteiger partial charge on any atom is 0.170 e. The number of rotatable bonds is 6. The monoisotopic (exact) mass is 440 g/mol. The van der Waals surface area contributed by atoms with E-state index in [0.29, 0.717) is 23.1 Å². The van der Waals surface area contributed by atoms with E-state index in [1.54, 1.807) is 6.20 Å². The summed E-state index contributed by atoms with van der Waals surface area (Å²) in [7, 11) is 0. The molecule has 1 fully saturated rings. The van der Waals surface area contributed by atoms with Crippen LogP contribution in [0.15, 0.2) is 54.7 Å². The van der Waals surface area contributed by atoms with Gasteiger partial charge in [0.05, 0.1) is 28.5 Å². The zero-order valence-electron chi connectivity index (χ0n) is 17.0. The molecule has 1 aliphatic heterocycles. The van der Waals surface area contributed by atoms with Crippen molar-refractivity contribution in [3.8, 4) is 5.69 Å². The van der Waals surface area contributed by atoms with E-state index in [1.807, 2.05) is 42.5 Å². The molecular formula is C23H25ClN4OS. The largest absolute Gasteiger partial charge is 0.396 e. The van der Waals surface area contributed by atoms with Crippen LogP contribution < -0.4 is 5.32 Å². The SMILES string of the molecule is Cc1cc([C@@H]2[C@@H](c3ccccn3)NC(=S)N2CCCO)c(C)n1-c1ccccc1Cl. The van der Waals surface area contributed by atoms with Crippen LogP contribution in [0.5, 0.6) is 0 Å². The van der Waals surface area contributed by atoms with Gasteiger partial charge in [0.2, 0.25) is 0 Å². The van der Waals surface area contributed by atoms with E-state index < -0.39 is 0 Å². The minimum absolute atomic E-state index is 0.0265. The number of hydrogen-bond acceptors (Lipinski definition) is 3. The highest BCUT2D eigenvalue weighted by molar-refractivity contribution is 7.80. The van der Waals surface area contributed by atoms with E-state index >= 15 is 0 Å². The fraction of sp³-hybridized carbons (Fsp3) is 0.304. The second-order valence-corrected chi connectivity index (χ2v) is 8.30. The van der Waals surface area contributed by atoms with Gasteiger partial charge in [-0.2, -0.15) is 0 Å². The zero-order valence-corrected chi connectivity index (χ0v) is 18.6. The molecule has 7 heteroatoms. The van der Waals surface area contributed by atoms with Crippen molar-refractivity contribution in [2.45, 2.75) is 32.4 Å². The second-order valence-electron chi connectivity index (χ2n) is 7.51. The molecule has 0 amide bonds. The molecule has 3 heterocycles. The van der Waals surface area contributed by atoms with Crippen molar-refractivity contribution in [1.29, 1.82) is 0 Å². The molecule has 0 bridgehead atoms. The summed E-state index contributed by atoms with van der Waals surface area (Å²) in [6.07, 6.45) is 2.46. The molecule has 1 aliphatic rings. The highest BCUT2D eigenvalue weighted by atomic mass is 35.5. The Hall–Kier alpha value is -2.41. The lowest BCUT2D eigenvalue weighted by Crippen LogP contribution is -2.31. The first kappa shape index (κ1) is 20.8. The topological polar surface area (TPSA) is 53.3 Å². The number of para-hydroxylation sites is 1. The van der Waals surface area contributed by atoms with Gasteiger partial charge in [-0.3, -0.25) is 4.98 Å². The van der Waals surface area contributed by atoms with Gasteiger partial charge in [0, 0.05) is 30.7 Å². The Morgan fingerprint density at radius 3 is 2.63 bits per heavy atom. The molecule has 156 valence electrons. The number of aryl methyl sites for hydroxylation is 1. The molecule has 4 rings (SSSR count). The van der Waals surface area contributed by atoms with Crippen LogP contribution in [-0.4, -0.2) is 37.8 Å². The van der Waals surface area contributed by atoms with Crippen molar-refractivity contribution >= 4 is 28.9 Å². The predicted octanol–water partition coefficient (Wildman–Crippen LogP) is 4.50. The first-order valence-corrected chi connectivity index (χ1v) is 10.8. The van der Waals surface area contributed by atoms with Gasteiger partial charge in [-0.25, -0.2) is 0 Å². The molecule has 0 unspecified atom stereocenters. The predicted molar refractivity (Wildman–Crippen MR) is 124 cm³/mol. The van der Waals surface area contributed by atoms with Gasteiger partial charge in [-0.05, 0) is 68.4 Å². The summed E-state index contributed by atoms with van der Waals surface area (Å²) < 4.78 is 2.19. The van der Waals surface area contributed by atoms with E-state index in [9.17, 15) is 5.11 Å². The summed E-state index contributed by atoms with van der Waals surface area (Å²) in [6, 6.07) is 15.9. The number of aromatic nitrogens is 2. The van der Waals surface area contributed by atoms with Crippen molar-refractivity contribution in [3.05, 3.63) is 82.4 Å². The number of nitrogens with zero attached hydrogens (tertiary/aromatic N) is 3. The molecular weight excluding hydrogens is 416 g/mol. The maximum absolute atomic E-state index is 9.41. The molecule has 0 saturated carbocycles. The van der Waals surface area contributed by atoms with Gasteiger partial charge < -0.3 is 19.9 Å². The smallest absolute Gasteiger partial charge is 0.170 e. The molecule has 0 radical (unpaired) electrons. The Morgan fingerprint density at radius 1 is 1.17 bits per heavy atom. The van der Waals surface area contributed by atoms with Crippen LogP contribution in [0.25, 0.3) is 5.69 Å². The zero-order chi connectivity index (χ0) is 21.3. The molecule has 2 N–H and O–H groups in total. The summed E-state index contributed by atoms with van der Waals surface area (Å²) in [6.45, 7) is 5.01. The molecule has 3 aromatic rings. The maximum atomic E-state index is 9.41. The highest BCUT2D eigenvalue weighted by Gasteiger charge is 2.41. The van der Waals surface area contributed by atoms with Gasteiger partial charge in [0.1, 0.15) is 0 Å². The number of thiocarbonyl (C=S) groups is 1. The van der Waals surface area contributed by atoms with Gasteiger partial charge >= 0.3 is 0 Å². The van der Waals surface area contributed by atoms with E-state index in [0.717, 1.165) is 22.8 Å². The first-order chi connectivity index (χ1) is 14.5. The number of benzene rings is 1. The van der Waals surface area contributed by atoms with Gasteiger partial charge in [-0.1, -0.05) is 29.8 Å². The van der Waals surface area contributed by atoms with Gasteiger partial charge in [0.15, 0.2) is 5.11 Å². The Morgan fingerprint density at radius 2 is 1.93 bits per heavy atom. The molecule has 2 atom stereocenters. The summed E-state index contributed by atoms with van der Waals surface area (Å²) in [4.78, 5) is 6.76. The third-order valence-corrected chi connectivity index (χ3v) is 6.31. The van der Waals surface area contributed by atoms with Crippen LogP contribution >= 0.6 is 23.8 Å². The third-order valence-electron chi connectivity index (χ3n) is 5.64. The van der Waals surface area contributed by atoms with Gasteiger partial charge in [0.25, 0.3) is 0 Å². The fourth-order valence-electron chi connectivity index (χ4n) is 4.32. The van der Waals surface area contributed by atoms with Crippen molar-refractivity contribution in [1.82, 2.24) is 19.8 Å². The minimum atomic E-state index is -0.0717. The lowest BCUT2D eigenvalue weighted by molar-refractivity contribution is 0.247. The standard InChI is InChI=1S/C23H25ClN4OS/c1-15-14-17(16(2)28(15)20-10-4-3-8-18(20)24)22-21(19-9-5-6-11-25-19)26-23(30)27(22)12-7-13-29/h3-6,8-11,14,21-22,29H,7,12-13H2,1-2H3,(H,26,30)/t21-,22-/m1/s1. The Labute approximate surface area is 187 Å². The number of halogens is 1. The summed E-state index contributed by atoms with van der Waals surface area (Å²) >= 11 is 12.2. The van der Waals surface area contributed by atoms with Crippen LogP contribution in [0.1, 0.15) is 41.1 Å². The van der Waals surface area contributed by atoms with E-state index in [-0.39, 0.29) is 18.7 Å². The van der Waals surface area contributed by atoms with Crippen molar-refractivity contribution in [2.75, 3.05) is 13.2 Å². The molecule has 0 aliphatic carbocycles.